The Hall–Kier alpha value is -0.750. The van der Waals surface area contributed by atoms with E-state index >= 15 is 0 Å². The second-order valence-corrected chi connectivity index (χ2v) is 4.19. The number of alkyl halides is 4. The first-order valence-electron chi connectivity index (χ1n) is 4.24. The van der Waals surface area contributed by atoms with E-state index in [0.29, 0.717) is 0 Å². The van der Waals surface area contributed by atoms with Gasteiger partial charge in [0.15, 0.2) is 0 Å². The summed E-state index contributed by atoms with van der Waals surface area (Å²) < 4.78 is 40.6. The lowest BCUT2D eigenvalue weighted by atomic mass is 10.2. The van der Waals surface area contributed by atoms with Crippen LogP contribution in [-0.2, 0) is 12.3 Å². The minimum Gasteiger partial charge on any atom is -0.405 e. The lowest BCUT2D eigenvalue weighted by Gasteiger charge is -2.13. The summed E-state index contributed by atoms with van der Waals surface area (Å²) in [6.07, 6.45) is -5.02. The molecule has 1 heterocycles. The zero-order valence-corrected chi connectivity index (χ0v) is 11.1. The maximum atomic E-state index is 12.2. The molecule has 17 heavy (non-hydrogen) atoms. The molecule has 0 atom stereocenters. The van der Waals surface area contributed by atoms with Crippen LogP contribution in [0.25, 0.3) is 0 Å². The van der Waals surface area contributed by atoms with Crippen LogP contribution < -0.4 is 4.74 Å². The molecule has 0 saturated heterocycles. The summed E-state index contributed by atoms with van der Waals surface area (Å²) in [5, 5.41) is 8.55. The van der Waals surface area contributed by atoms with Crippen molar-refractivity contribution >= 4 is 34.2 Å². The molecule has 0 aliphatic rings. The predicted molar refractivity (Wildman–Crippen MR) is 62.5 cm³/mol. The Morgan fingerprint density at radius 2 is 2.18 bits per heavy atom. The number of halogens is 5. The molecule has 1 aromatic heterocycles. The van der Waals surface area contributed by atoms with Crippen LogP contribution in [0.5, 0.6) is 5.75 Å². The third kappa shape index (κ3) is 4.20. The molecule has 0 N–H and O–H groups in total. The van der Waals surface area contributed by atoms with Gasteiger partial charge in [0.1, 0.15) is 9.45 Å². The van der Waals surface area contributed by atoms with Gasteiger partial charge in [-0.1, -0.05) is 0 Å². The van der Waals surface area contributed by atoms with Crippen molar-refractivity contribution < 1.29 is 17.9 Å². The monoisotopic (exact) mass is 376 g/mol. The van der Waals surface area contributed by atoms with Gasteiger partial charge in [-0.05, 0) is 22.6 Å². The fourth-order valence-electron chi connectivity index (χ4n) is 1.09. The van der Waals surface area contributed by atoms with Crippen LogP contribution in [0.1, 0.15) is 11.3 Å². The van der Waals surface area contributed by atoms with Gasteiger partial charge in [0, 0.05) is 11.6 Å². The van der Waals surface area contributed by atoms with Crippen LogP contribution >= 0.6 is 34.2 Å². The van der Waals surface area contributed by atoms with Crippen LogP contribution in [0, 0.1) is 15.0 Å². The standard InChI is InChI=1S/C9H5ClF3IN2O/c10-4-5-3-7(17-9(11,12)13)6(1-2-15)8(14)16-5/h3H,1,4H2. The number of nitrogens with zero attached hydrogens (tertiary/aromatic N) is 2. The molecule has 0 radical (unpaired) electrons. The zero-order valence-electron chi connectivity index (χ0n) is 8.18. The molecule has 0 amide bonds. The van der Waals surface area contributed by atoms with Gasteiger partial charge in [-0.15, -0.1) is 24.8 Å². The van der Waals surface area contributed by atoms with Gasteiger partial charge in [0.05, 0.1) is 24.1 Å². The van der Waals surface area contributed by atoms with Crippen molar-refractivity contribution in [3.8, 4) is 11.8 Å². The van der Waals surface area contributed by atoms with Gasteiger partial charge in [0.25, 0.3) is 0 Å². The molecule has 0 fully saturated rings. The predicted octanol–water partition coefficient (Wildman–Crippen LogP) is 3.39. The highest BCUT2D eigenvalue weighted by Gasteiger charge is 2.32. The topological polar surface area (TPSA) is 45.9 Å². The molecule has 1 aromatic rings. The summed E-state index contributed by atoms with van der Waals surface area (Å²) in [5.74, 6) is -0.453. The highest BCUT2D eigenvalue weighted by Crippen LogP contribution is 2.30. The van der Waals surface area contributed by atoms with Crippen molar-refractivity contribution in [2.45, 2.75) is 18.7 Å². The molecule has 0 bridgehead atoms. The Kier molecular flexibility index (Phi) is 4.82. The molecule has 1 rings (SSSR count). The van der Waals surface area contributed by atoms with Crippen LogP contribution in [0.2, 0.25) is 0 Å². The fourth-order valence-corrected chi connectivity index (χ4v) is 1.99. The van der Waals surface area contributed by atoms with Crippen molar-refractivity contribution in [1.82, 2.24) is 4.98 Å². The lowest BCUT2D eigenvalue weighted by molar-refractivity contribution is -0.274. The molecular weight excluding hydrogens is 371 g/mol. The third-order valence-corrected chi connectivity index (χ3v) is 2.87. The molecule has 0 aromatic carbocycles. The summed E-state index contributed by atoms with van der Waals surface area (Å²) in [6, 6.07) is 2.86. The number of ether oxygens (including phenoxy) is 1. The molecule has 8 heteroatoms. The number of rotatable bonds is 3. The fraction of sp³-hybridized carbons (Fsp3) is 0.333. The van der Waals surface area contributed by atoms with E-state index < -0.39 is 12.1 Å². The molecule has 0 aliphatic heterocycles. The lowest BCUT2D eigenvalue weighted by Crippen LogP contribution is -2.19. The molecule has 0 saturated carbocycles. The summed E-state index contributed by atoms with van der Waals surface area (Å²) in [4.78, 5) is 3.96. The van der Waals surface area contributed by atoms with E-state index in [4.69, 9.17) is 16.9 Å². The van der Waals surface area contributed by atoms with E-state index in [-0.39, 0.29) is 27.3 Å². The second-order valence-electron chi connectivity index (χ2n) is 2.90. The minimum absolute atomic E-state index is 0.0307. The van der Waals surface area contributed by atoms with Crippen molar-refractivity contribution in [2.75, 3.05) is 0 Å². The van der Waals surface area contributed by atoms with Gasteiger partial charge in [0.2, 0.25) is 0 Å². The number of hydrogen-bond donors (Lipinski definition) is 0. The number of pyridine rings is 1. The van der Waals surface area contributed by atoms with E-state index in [1.54, 1.807) is 28.7 Å². The summed E-state index contributed by atoms with van der Waals surface area (Å²) >= 11 is 7.25. The first kappa shape index (κ1) is 14.3. The maximum absolute atomic E-state index is 12.2. The third-order valence-electron chi connectivity index (χ3n) is 1.70. The molecule has 92 valence electrons. The van der Waals surface area contributed by atoms with Gasteiger partial charge < -0.3 is 4.74 Å². The summed E-state index contributed by atoms with van der Waals surface area (Å²) in [6.45, 7) is 0. The quantitative estimate of drug-likeness (QED) is 0.461. The van der Waals surface area contributed by atoms with Crippen LogP contribution in [-0.4, -0.2) is 11.3 Å². The van der Waals surface area contributed by atoms with Gasteiger partial charge in [-0.25, -0.2) is 4.98 Å². The minimum atomic E-state index is -4.81. The highest BCUT2D eigenvalue weighted by atomic mass is 127. The second kappa shape index (κ2) is 5.73. The number of nitriles is 1. The Balaban J connectivity index is 3.23. The first-order chi connectivity index (χ1) is 7.87. The van der Waals surface area contributed by atoms with Gasteiger partial charge >= 0.3 is 6.36 Å². The average Bonchev–Trinajstić information content (AvgIpc) is 2.20. The van der Waals surface area contributed by atoms with E-state index in [1.807, 2.05) is 0 Å². The van der Waals surface area contributed by atoms with E-state index in [0.717, 1.165) is 6.07 Å². The van der Waals surface area contributed by atoms with Crippen LogP contribution in [0.3, 0.4) is 0 Å². The maximum Gasteiger partial charge on any atom is 0.573 e. The van der Waals surface area contributed by atoms with Crippen LogP contribution in [0.4, 0.5) is 13.2 Å². The zero-order chi connectivity index (χ0) is 13.1. The van der Waals surface area contributed by atoms with Crippen molar-refractivity contribution in [1.29, 1.82) is 5.26 Å². The SMILES string of the molecule is N#CCc1c(OC(F)(F)F)cc(CCl)nc1I. The van der Waals surface area contributed by atoms with Crippen molar-refractivity contribution in [2.24, 2.45) is 0 Å². The Bertz CT molecular complexity index is 459. The number of aromatic nitrogens is 1. The molecule has 0 unspecified atom stereocenters. The normalized spacial score (nSPS) is 11.1. The van der Waals surface area contributed by atoms with Gasteiger partial charge in [-0.2, -0.15) is 5.26 Å². The van der Waals surface area contributed by atoms with Gasteiger partial charge in [-0.3, -0.25) is 0 Å². The van der Waals surface area contributed by atoms with Crippen LogP contribution in [0.15, 0.2) is 6.07 Å². The molecular formula is C9H5ClF3IN2O. The average molecular weight is 377 g/mol. The van der Waals surface area contributed by atoms with E-state index in [1.165, 1.54) is 0 Å². The Morgan fingerprint density at radius 1 is 1.53 bits per heavy atom. The summed E-state index contributed by atoms with van der Waals surface area (Å²) in [7, 11) is 0. The smallest absolute Gasteiger partial charge is 0.405 e. The molecule has 0 spiro atoms. The molecule has 3 nitrogen and oxygen atoms in total. The first-order valence-corrected chi connectivity index (χ1v) is 5.85. The molecule has 0 aliphatic carbocycles. The van der Waals surface area contributed by atoms with E-state index in [2.05, 4.69) is 9.72 Å². The van der Waals surface area contributed by atoms with E-state index in [9.17, 15) is 13.2 Å². The van der Waals surface area contributed by atoms with Crippen molar-refractivity contribution in [3.05, 3.63) is 21.0 Å². The summed E-state index contributed by atoms with van der Waals surface area (Å²) in [5.41, 5.74) is 0.372. The number of hydrogen-bond acceptors (Lipinski definition) is 3. The Labute approximate surface area is 114 Å². The Morgan fingerprint density at radius 3 is 2.65 bits per heavy atom. The van der Waals surface area contributed by atoms with Crippen molar-refractivity contribution in [3.63, 3.8) is 0 Å². The highest BCUT2D eigenvalue weighted by molar-refractivity contribution is 14.1. The largest absolute Gasteiger partial charge is 0.573 e.